The summed E-state index contributed by atoms with van der Waals surface area (Å²) in [5, 5.41) is 3.35. The van der Waals surface area contributed by atoms with Crippen LogP contribution in [-0.4, -0.2) is 13.1 Å². The molecule has 0 aliphatic heterocycles. The van der Waals surface area contributed by atoms with Gasteiger partial charge in [0.05, 0.1) is 0 Å². The Bertz CT molecular complexity index is 236. The van der Waals surface area contributed by atoms with Crippen molar-refractivity contribution in [3.63, 3.8) is 0 Å². The van der Waals surface area contributed by atoms with E-state index in [0.717, 1.165) is 0 Å². The van der Waals surface area contributed by atoms with E-state index in [1.807, 2.05) is 33.0 Å². The van der Waals surface area contributed by atoms with Crippen LogP contribution in [0.1, 0.15) is 40.0 Å². The summed E-state index contributed by atoms with van der Waals surface area (Å²) in [5.74, 6) is 0. The second-order valence-electron chi connectivity index (χ2n) is 3.56. The molecular formula is C14H25N. The van der Waals surface area contributed by atoms with Gasteiger partial charge in [0.1, 0.15) is 0 Å². The minimum absolute atomic E-state index is 0.546. The molecule has 86 valence electrons. The minimum Gasteiger partial charge on any atom is -0.313 e. The molecule has 0 spiro atoms. The van der Waals surface area contributed by atoms with Gasteiger partial charge in [0.2, 0.25) is 0 Å². The molecule has 0 fully saturated rings. The fraction of sp³-hybridized carbons (Fsp3) is 0.571. The first-order chi connectivity index (χ1) is 7.29. The predicted molar refractivity (Wildman–Crippen MR) is 70.1 cm³/mol. The quantitative estimate of drug-likeness (QED) is 0.693. The highest BCUT2D eigenvalue weighted by Gasteiger charge is 2.16. The molecular weight excluding hydrogens is 182 g/mol. The second-order valence-corrected chi connectivity index (χ2v) is 3.56. The van der Waals surface area contributed by atoms with Crippen LogP contribution in [-0.2, 0) is 0 Å². The summed E-state index contributed by atoms with van der Waals surface area (Å²) in [6.07, 6.45) is 9.85. The summed E-state index contributed by atoms with van der Waals surface area (Å²) in [7, 11) is 2.03. The Kier molecular flexibility index (Phi) is 8.02. The number of nitrogens with one attached hydrogen (secondary N) is 1. The highest BCUT2D eigenvalue weighted by molar-refractivity contribution is 5.33. The van der Waals surface area contributed by atoms with E-state index in [0.29, 0.717) is 6.04 Å². The molecule has 0 radical (unpaired) electrons. The van der Waals surface area contributed by atoms with Crippen molar-refractivity contribution >= 4 is 0 Å². The average Bonchev–Trinajstić information content (AvgIpc) is 2.30. The van der Waals surface area contributed by atoms with Gasteiger partial charge >= 0.3 is 0 Å². The van der Waals surface area contributed by atoms with Crippen molar-refractivity contribution in [2.75, 3.05) is 7.05 Å². The maximum Gasteiger partial charge on any atom is 0.0317 e. The summed E-state index contributed by atoms with van der Waals surface area (Å²) < 4.78 is 0. The van der Waals surface area contributed by atoms with Crippen LogP contribution < -0.4 is 5.32 Å². The van der Waals surface area contributed by atoms with Crippen LogP contribution in [0.15, 0.2) is 36.0 Å². The first-order valence-electron chi connectivity index (χ1n) is 5.95. The molecule has 0 saturated heterocycles. The molecule has 15 heavy (non-hydrogen) atoms. The van der Waals surface area contributed by atoms with Crippen molar-refractivity contribution in [2.24, 2.45) is 0 Å². The molecule has 1 unspecified atom stereocenters. The fourth-order valence-electron chi connectivity index (χ4n) is 1.90. The van der Waals surface area contributed by atoms with Crippen molar-refractivity contribution in [2.45, 2.75) is 46.1 Å². The Morgan fingerprint density at radius 1 is 1.40 bits per heavy atom. The molecule has 0 saturated carbocycles. The van der Waals surface area contributed by atoms with E-state index in [2.05, 4.69) is 24.9 Å². The van der Waals surface area contributed by atoms with Crippen LogP contribution in [0, 0.1) is 0 Å². The van der Waals surface area contributed by atoms with Gasteiger partial charge in [-0.25, -0.2) is 0 Å². The highest BCUT2D eigenvalue weighted by atomic mass is 14.9. The normalized spacial score (nSPS) is 21.2. The molecule has 1 N–H and O–H groups in total. The summed E-state index contributed by atoms with van der Waals surface area (Å²) in [5.41, 5.74) is 2.97. The van der Waals surface area contributed by atoms with E-state index in [4.69, 9.17) is 0 Å². The van der Waals surface area contributed by atoms with Crippen LogP contribution in [0.25, 0.3) is 0 Å². The average molecular weight is 207 g/mol. The van der Waals surface area contributed by atoms with Gasteiger partial charge in [-0.05, 0) is 38.8 Å². The zero-order valence-corrected chi connectivity index (χ0v) is 10.6. The first kappa shape index (κ1) is 14.2. The number of hydrogen-bond donors (Lipinski definition) is 1. The zero-order valence-electron chi connectivity index (χ0n) is 10.6. The van der Waals surface area contributed by atoms with Crippen LogP contribution in [0.3, 0.4) is 0 Å². The fourth-order valence-corrected chi connectivity index (χ4v) is 1.90. The third kappa shape index (κ3) is 4.48. The molecule has 0 aromatic rings. The van der Waals surface area contributed by atoms with Crippen molar-refractivity contribution < 1.29 is 0 Å². The largest absolute Gasteiger partial charge is 0.313 e. The Hall–Kier alpha value is -0.820. The molecule has 1 aliphatic carbocycles. The standard InChI is InChI=1S/C12H19N.C2H6/c1-4-5-8-11-10(2)7-6-9-12(11)13-3;1-2/h4-5,8,12-13H,1,6-7,9H2,2-3H3;1-2H3/b8-5-;. The molecule has 0 amide bonds. The van der Waals surface area contributed by atoms with Gasteiger partial charge < -0.3 is 5.32 Å². The van der Waals surface area contributed by atoms with Gasteiger partial charge in [-0.2, -0.15) is 0 Å². The highest BCUT2D eigenvalue weighted by Crippen LogP contribution is 2.25. The Morgan fingerprint density at radius 3 is 2.60 bits per heavy atom. The van der Waals surface area contributed by atoms with Crippen LogP contribution in [0.4, 0.5) is 0 Å². The van der Waals surface area contributed by atoms with Gasteiger partial charge in [0.25, 0.3) is 0 Å². The Balaban J connectivity index is 0.000000921. The molecule has 1 nitrogen and oxygen atoms in total. The van der Waals surface area contributed by atoms with E-state index in [1.165, 1.54) is 30.4 Å². The third-order valence-electron chi connectivity index (χ3n) is 2.67. The Morgan fingerprint density at radius 2 is 2.07 bits per heavy atom. The van der Waals surface area contributed by atoms with Crippen molar-refractivity contribution in [3.05, 3.63) is 36.0 Å². The lowest BCUT2D eigenvalue weighted by molar-refractivity contribution is 0.535. The number of allylic oxidation sites excluding steroid dienone is 3. The van der Waals surface area contributed by atoms with Gasteiger partial charge in [0.15, 0.2) is 0 Å². The zero-order chi connectivity index (χ0) is 11.7. The lowest BCUT2D eigenvalue weighted by Crippen LogP contribution is -2.29. The molecule has 1 aliphatic rings. The topological polar surface area (TPSA) is 12.0 Å². The van der Waals surface area contributed by atoms with Crippen molar-refractivity contribution in [1.29, 1.82) is 0 Å². The molecule has 0 bridgehead atoms. The van der Waals surface area contributed by atoms with E-state index in [1.54, 1.807) is 0 Å². The van der Waals surface area contributed by atoms with Crippen LogP contribution in [0.2, 0.25) is 0 Å². The van der Waals surface area contributed by atoms with E-state index in [9.17, 15) is 0 Å². The van der Waals surface area contributed by atoms with Gasteiger partial charge in [-0.15, -0.1) is 0 Å². The van der Waals surface area contributed by atoms with Gasteiger partial charge in [-0.3, -0.25) is 0 Å². The first-order valence-corrected chi connectivity index (χ1v) is 5.95. The summed E-state index contributed by atoms with van der Waals surface area (Å²) in [6.45, 7) is 9.92. The number of rotatable bonds is 3. The molecule has 1 rings (SSSR count). The minimum atomic E-state index is 0.546. The molecule has 0 heterocycles. The van der Waals surface area contributed by atoms with E-state index < -0.39 is 0 Å². The van der Waals surface area contributed by atoms with Crippen LogP contribution >= 0.6 is 0 Å². The van der Waals surface area contributed by atoms with Crippen LogP contribution in [0.5, 0.6) is 0 Å². The summed E-state index contributed by atoms with van der Waals surface area (Å²) in [6, 6.07) is 0.546. The van der Waals surface area contributed by atoms with Crippen molar-refractivity contribution in [3.8, 4) is 0 Å². The third-order valence-corrected chi connectivity index (χ3v) is 2.67. The molecule has 0 aromatic heterocycles. The van der Waals surface area contributed by atoms with Gasteiger partial charge in [-0.1, -0.05) is 44.2 Å². The van der Waals surface area contributed by atoms with Crippen molar-refractivity contribution in [1.82, 2.24) is 5.32 Å². The lowest BCUT2D eigenvalue weighted by atomic mass is 9.88. The Labute approximate surface area is 95.0 Å². The summed E-state index contributed by atoms with van der Waals surface area (Å²) >= 11 is 0. The predicted octanol–water partition coefficient (Wildman–Crippen LogP) is 3.84. The molecule has 1 heteroatoms. The number of likely N-dealkylation sites (N-methyl/N-ethyl adjacent to an activating group) is 1. The monoisotopic (exact) mass is 207 g/mol. The lowest BCUT2D eigenvalue weighted by Gasteiger charge is -2.25. The molecule has 0 aromatic carbocycles. The van der Waals surface area contributed by atoms with Gasteiger partial charge in [0, 0.05) is 6.04 Å². The maximum absolute atomic E-state index is 3.69. The van der Waals surface area contributed by atoms with E-state index in [-0.39, 0.29) is 0 Å². The maximum atomic E-state index is 3.69. The summed E-state index contributed by atoms with van der Waals surface area (Å²) in [4.78, 5) is 0. The second kappa shape index (κ2) is 8.49. The number of hydrogen-bond acceptors (Lipinski definition) is 1. The smallest absolute Gasteiger partial charge is 0.0317 e. The SMILES string of the molecule is C=C/C=C\C1=C(C)CCCC1NC.CC. The molecule has 1 atom stereocenters. The van der Waals surface area contributed by atoms with E-state index >= 15 is 0 Å².